The van der Waals surface area contributed by atoms with Gasteiger partial charge in [0.05, 0.1) is 0 Å². The van der Waals surface area contributed by atoms with E-state index in [1.807, 2.05) is 0 Å². The van der Waals surface area contributed by atoms with Crippen LogP contribution in [0.15, 0.2) is 0 Å². The normalized spacial score (nSPS) is 22.8. The lowest BCUT2D eigenvalue weighted by Crippen LogP contribution is -2.06. The van der Waals surface area contributed by atoms with E-state index < -0.39 is 0 Å². The Morgan fingerprint density at radius 3 is 1.47 bits per heavy atom. The van der Waals surface area contributed by atoms with Crippen molar-refractivity contribution in [2.75, 3.05) is 6.16 Å². The molecule has 0 spiro atoms. The van der Waals surface area contributed by atoms with E-state index in [1.54, 1.807) is 25.7 Å². The zero-order valence-electron chi connectivity index (χ0n) is 10.5. The van der Waals surface area contributed by atoms with Crippen LogP contribution in [0.2, 0.25) is 0 Å². The van der Waals surface area contributed by atoms with Crippen LogP contribution in [0.3, 0.4) is 0 Å². The van der Waals surface area contributed by atoms with E-state index in [0.717, 1.165) is 11.8 Å². The van der Waals surface area contributed by atoms with Gasteiger partial charge in [0.25, 0.3) is 0 Å². The van der Waals surface area contributed by atoms with Crippen LogP contribution in [0.25, 0.3) is 0 Å². The number of hydrogen-bond acceptors (Lipinski definition) is 0. The molecule has 0 heterocycles. The minimum atomic E-state index is 1.16. The highest BCUT2D eigenvalue weighted by Crippen LogP contribution is 2.39. The topological polar surface area (TPSA) is 0 Å². The molecule has 2 aliphatic carbocycles. The Morgan fingerprint density at radius 1 is 0.867 bits per heavy atom. The summed E-state index contributed by atoms with van der Waals surface area (Å²) in [5.74, 6) is 2.31. The van der Waals surface area contributed by atoms with Crippen LogP contribution in [0.5, 0.6) is 0 Å². The lowest BCUT2D eigenvalue weighted by Gasteiger charge is -2.16. The number of hydrogen-bond donors (Lipinski definition) is 0. The molecule has 2 aliphatic rings. The van der Waals surface area contributed by atoms with E-state index >= 15 is 0 Å². The highest BCUT2D eigenvalue weighted by molar-refractivity contribution is 7.16. The predicted molar refractivity (Wildman–Crippen MR) is 73.4 cm³/mol. The van der Waals surface area contributed by atoms with Crippen LogP contribution in [0.4, 0.5) is 0 Å². The number of unbranched alkanes of at least 4 members (excludes halogenated alkanes) is 1. The van der Waals surface area contributed by atoms with Gasteiger partial charge in [-0.2, -0.15) is 0 Å². The van der Waals surface area contributed by atoms with E-state index in [4.69, 9.17) is 0 Å². The molecule has 90 valence electrons. The molecule has 0 aromatic rings. The monoisotopic (exact) mass is 228 g/mol. The van der Waals surface area contributed by atoms with Crippen molar-refractivity contribution in [1.29, 1.82) is 0 Å². The van der Waals surface area contributed by atoms with Crippen LogP contribution < -0.4 is 0 Å². The third-order valence-corrected chi connectivity index (χ3v) is 4.43. The third-order valence-electron chi connectivity index (χ3n) is 4.02. The van der Waals surface area contributed by atoms with E-state index in [-0.39, 0.29) is 0 Å². The molecule has 2 rings (SSSR count). The van der Waals surface area contributed by atoms with Crippen LogP contribution in [-0.2, 0) is 0 Å². The van der Waals surface area contributed by atoms with Crippen molar-refractivity contribution >= 4 is 9.24 Å². The molecule has 0 saturated heterocycles. The van der Waals surface area contributed by atoms with Crippen molar-refractivity contribution in [3.63, 3.8) is 0 Å². The first-order chi connectivity index (χ1) is 7.38. The van der Waals surface area contributed by atoms with Crippen molar-refractivity contribution < 1.29 is 0 Å². The maximum atomic E-state index is 2.70. The van der Waals surface area contributed by atoms with Gasteiger partial charge in [-0.05, 0) is 18.0 Å². The minimum absolute atomic E-state index is 1.16. The molecule has 0 aromatic carbocycles. The Hall–Kier alpha value is 0.430. The molecule has 0 amide bonds. The molecular formula is C14H29P. The first-order valence-electron chi connectivity index (χ1n) is 7.08. The summed E-state index contributed by atoms with van der Waals surface area (Å²) in [6, 6.07) is 0. The first-order valence-corrected chi connectivity index (χ1v) is 7.90. The van der Waals surface area contributed by atoms with Crippen molar-refractivity contribution in [2.24, 2.45) is 11.8 Å². The maximum Gasteiger partial charge on any atom is -0.0381 e. The summed E-state index contributed by atoms with van der Waals surface area (Å²) in [5, 5.41) is 0. The van der Waals surface area contributed by atoms with Crippen LogP contribution in [-0.4, -0.2) is 6.16 Å². The van der Waals surface area contributed by atoms with Gasteiger partial charge < -0.3 is 0 Å². The summed E-state index contributed by atoms with van der Waals surface area (Å²) < 4.78 is 0. The lowest BCUT2D eigenvalue weighted by molar-refractivity contribution is 0.347. The molecule has 0 N–H and O–H groups in total. The minimum Gasteiger partial charge on any atom is -0.138 e. The summed E-state index contributed by atoms with van der Waals surface area (Å²) in [5.41, 5.74) is 0. The highest BCUT2D eigenvalue weighted by atomic mass is 31.0. The second-order valence-corrected chi connectivity index (χ2v) is 5.81. The molecule has 0 radical (unpaired) electrons. The summed E-state index contributed by atoms with van der Waals surface area (Å²) in [7, 11) is 2.70. The summed E-state index contributed by atoms with van der Waals surface area (Å²) >= 11 is 0. The van der Waals surface area contributed by atoms with Gasteiger partial charge in [-0.25, -0.2) is 0 Å². The second-order valence-electron chi connectivity index (χ2n) is 5.23. The van der Waals surface area contributed by atoms with Gasteiger partial charge >= 0.3 is 0 Å². The molecule has 0 nitrogen and oxygen atoms in total. The summed E-state index contributed by atoms with van der Waals surface area (Å²) in [4.78, 5) is 0. The van der Waals surface area contributed by atoms with Crippen LogP contribution >= 0.6 is 9.24 Å². The van der Waals surface area contributed by atoms with Gasteiger partial charge in [0.1, 0.15) is 0 Å². The SMILES string of the molecule is C1CCC(C2CCCC2)C1.CCCCP. The maximum absolute atomic E-state index is 2.70. The Labute approximate surface area is 98.8 Å². The van der Waals surface area contributed by atoms with Gasteiger partial charge in [-0.15, -0.1) is 9.24 Å². The van der Waals surface area contributed by atoms with Crippen LogP contribution in [0, 0.1) is 11.8 Å². The Kier molecular flexibility index (Phi) is 7.71. The summed E-state index contributed by atoms with van der Waals surface area (Å²) in [6.45, 7) is 2.20. The van der Waals surface area contributed by atoms with Crippen molar-refractivity contribution in [3.8, 4) is 0 Å². The molecule has 0 aliphatic heterocycles. The van der Waals surface area contributed by atoms with E-state index in [2.05, 4.69) is 16.2 Å². The van der Waals surface area contributed by atoms with Crippen molar-refractivity contribution in [1.82, 2.24) is 0 Å². The van der Waals surface area contributed by atoms with E-state index in [0.29, 0.717) is 0 Å². The third kappa shape index (κ3) is 5.34. The molecule has 2 fully saturated rings. The molecular weight excluding hydrogens is 199 g/mol. The Morgan fingerprint density at radius 2 is 1.27 bits per heavy atom. The average Bonchev–Trinajstić information content (AvgIpc) is 2.93. The van der Waals surface area contributed by atoms with Crippen molar-refractivity contribution in [2.45, 2.75) is 71.1 Å². The smallest absolute Gasteiger partial charge is 0.0381 e. The largest absolute Gasteiger partial charge is 0.138 e. The Bertz CT molecular complexity index is 116. The molecule has 1 atom stereocenters. The number of rotatable bonds is 3. The van der Waals surface area contributed by atoms with E-state index in [1.165, 1.54) is 44.7 Å². The lowest BCUT2D eigenvalue weighted by atomic mass is 9.90. The first kappa shape index (κ1) is 13.5. The molecule has 0 bridgehead atoms. The van der Waals surface area contributed by atoms with Gasteiger partial charge in [0, 0.05) is 0 Å². The van der Waals surface area contributed by atoms with E-state index in [9.17, 15) is 0 Å². The van der Waals surface area contributed by atoms with Gasteiger partial charge in [-0.3, -0.25) is 0 Å². The van der Waals surface area contributed by atoms with Crippen molar-refractivity contribution in [3.05, 3.63) is 0 Å². The summed E-state index contributed by atoms with van der Waals surface area (Å²) in [6.07, 6.45) is 16.3. The molecule has 2 saturated carbocycles. The fraction of sp³-hybridized carbons (Fsp3) is 1.00. The predicted octanol–water partition coefficient (Wildman–Crippen LogP) is 5.03. The standard InChI is InChI=1S/C10H18.C4H11P/c1-2-6-9(5-1)10-7-3-4-8-10;1-2-3-4-5/h9-10H,1-8H2;2-5H2,1H3. The zero-order valence-corrected chi connectivity index (χ0v) is 11.7. The van der Waals surface area contributed by atoms with Gasteiger partial charge in [0.2, 0.25) is 0 Å². The molecule has 1 unspecified atom stereocenters. The average molecular weight is 228 g/mol. The Balaban J connectivity index is 0.000000195. The van der Waals surface area contributed by atoms with Gasteiger partial charge in [0.15, 0.2) is 0 Å². The second kappa shape index (κ2) is 8.57. The molecule has 1 heteroatoms. The molecule has 0 aromatic heterocycles. The zero-order chi connectivity index (χ0) is 10.9. The molecule has 15 heavy (non-hydrogen) atoms. The highest BCUT2D eigenvalue weighted by Gasteiger charge is 2.26. The van der Waals surface area contributed by atoms with Gasteiger partial charge in [-0.1, -0.05) is 71.1 Å². The van der Waals surface area contributed by atoms with Crippen LogP contribution in [0.1, 0.15) is 71.1 Å². The fourth-order valence-electron chi connectivity index (χ4n) is 3.06. The fourth-order valence-corrected chi connectivity index (χ4v) is 3.47. The quantitative estimate of drug-likeness (QED) is 0.594.